The molecule has 2 aromatic heterocycles. The first-order valence-electron chi connectivity index (χ1n) is 15.1. The highest BCUT2D eigenvalue weighted by Gasteiger charge is 2.16. The zero-order valence-electron chi connectivity index (χ0n) is 25.1. The lowest BCUT2D eigenvalue weighted by atomic mass is 10.0. The summed E-state index contributed by atoms with van der Waals surface area (Å²) >= 11 is 0. The first kappa shape index (κ1) is 24.7. The molecule has 0 fully saturated rings. The number of hydrogen-bond acceptors (Lipinski definition) is 0. The van der Waals surface area contributed by atoms with E-state index in [1.54, 1.807) is 0 Å². The van der Waals surface area contributed by atoms with Crippen LogP contribution in [0.2, 0.25) is 0 Å². The van der Waals surface area contributed by atoms with Crippen LogP contribution in [0.5, 0.6) is 0 Å². The van der Waals surface area contributed by atoms with Gasteiger partial charge in [-0.2, -0.15) is 0 Å². The fourth-order valence-corrected chi connectivity index (χ4v) is 6.87. The van der Waals surface area contributed by atoms with Crippen molar-refractivity contribution in [1.29, 1.82) is 0 Å². The second-order valence-electron chi connectivity index (χ2n) is 11.4. The Morgan fingerprint density at radius 3 is 1.20 bits per heavy atom. The van der Waals surface area contributed by atoms with Crippen LogP contribution >= 0.6 is 0 Å². The Hall–Kier alpha value is -5.86. The summed E-state index contributed by atoms with van der Waals surface area (Å²) in [5, 5.41) is 5.06. The molecule has 0 atom stereocenters. The Labute approximate surface area is 257 Å². The average Bonchev–Trinajstić information content (AvgIpc) is 3.61. The Morgan fingerprint density at radius 2 is 0.659 bits per heavy atom. The van der Waals surface area contributed by atoms with E-state index in [2.05, 4.69) is 179 Å². The third-order valence-corrected chi connectivity index (χ3v) is 8.93. The zero-order chi connectivity index (χ0) is 29.0. The fourth-order valence-electron chi connectivity index (χ4n) is 6.87. The van der Waals surface area contributed by atoms with Crippen LogP contribution < -0.4 is 0 Å². The summed E-state index contributed by atoms with van der Waals surface area (Å²) < 4.78 is 4.76. The van der Waals surface area contributed by atoms with E-state index in [-0.39, 0.29) is 1.43 Å². The Kier molecular flexibility index (Phi) is 5.54. The van der Waals surface area contributed by atoms with Gasteiger partial charge in [-0.05, 0) is 82.9 Å². The van der Waals surface area contributed by atoms with Crippen molar-refractivity contribution in [2.75, 3.05) is 0 Å². The van der Waals surface area contributed by atoms with Crippen molar-refractivity contribution in [3.63, 3.8) is 0 Å². The summed E-state index contributed by atoms with van der Waals surface area (Å²) in [6.45, 7) is 0. The van der Waals surface area contributed by atoms with Gasteiger partial charge in [0, 0.05) is 32.9 Å². The molecule has 7 aromatic carbocycles. The molecule has 0 aliphatic rings. The van der Waals surface area contributed by atoms with E-state index in [0.717, 1.165) is 0 Å². The summed E-state index contributed by atoms with van der Waals surface area (Å²) in [7, 11) is 0. The van der Waals surface area contributed by atoms with Crippen molar-refractivity contribution in [3.8, 4) is 33.6 Å². The van der Waals surface area contributed by atoms with Crippen LogP contribution in [0, 0.1) is 0 Å². The minimum atomic E-state index is 0. The van der Waals surface area contributed by atoms with Crippen LogP contribution in [-0.2, 0) is 0 Å². The van der Waals surface area contributed by atoms with E-state index in [9.17, 15) is 0 Å². The third kappa shape index (κ3) is 3.82. The molecule has 0 spiro atoms. The predicted molar refractivity (Wildman–Crippen MR) is 187 cm³/mol. The van der Waals surface area contributed by atoms with E-state index in [1.807, 2.05) is 0 Å². The third-order valence-electron chi connectivity index (χ3n) is 8.93. The molecule has 9 rings (SSSR count). The molecule has 0 unspecified atom stereocenters. The predicted octanol–water partition coefficient (Wildman–Crippen LogP) is 11.3. The molecule has 2 nitrogen and oxygen atoms in total. The summed E-state index contributed by atoms with van der Waals surface area (Å²) in [4.78, 5) is 0. The van der Waals surface area contributed by atoms with Crippen molar-refractivity contribution in [2.45, 2.75) is 0 Å². The standard InChI is InChI=1S/C42H28N2.H/c1-3-11-29(12-4-1)30-19-23-34(24-20-30)44-40-18-10-8-16-36(40)38-28-32(22-26-42(38)44)31-21-25-41-37(27-31)35-15-7-9-17-39(35)43(41)33-13-5-2-6-14-33;/h1-28H;/q;-1. The first-order valence-corrected chi connectivity index (χ1v) is 15.1. The van der Waals surface area contributed by atoms with Gasteiger partial charge in [0.1, 0.15) is 0 Å². The van der Waals surface area contributed by atoms with E-state index < -0.39 is 0 Å². The monoisotopic (exact) mass is 561 g/mol. The van der Waals surface area contributed by atoms with Gasteiger partial charge in [-0.15, -0.1) is 0 Å². The number of para-hydroxylation sites is 3. The van der Waals surface area contributed by atoms with Crippen molar-refractivity contribution in [3.05, 3.63) is 170 Å². The van der Waals surface area contributed by atoms with Crippen LogP contribution in [-0.4, -0.2) is 9.13 Å². The van der Waals surface area contributed by atoms with Crippen LogP contribution in [0.3, 0.4) is 0 Å². The molecular formula is C42H29N2-. The van der Waals surface area contributed by atoms with Crippen LogP contribution in [0.4, 0.5) is 0 Å². The lowest BCUT2D eigenvalue weighted by Crippen LogP contribution is -1.93. The van der Waals surface area contributed by atoms with Gasteiger partial charge in [0.15, 0.2) is 0 Å². The highest BCUT2D eigenvalue weighted by Crippen LogP contribution is 2.38. The molecule has 9 aromatic rings. The van der Waals surface area contributed by atoms with Crippen LogP contribution in [0.1, 0.15) is 1.43 Å². The minimum Gasteiger partial charge on any atom is -1.00 e. The molecular weight excluding hydrogens is 532 g/mol. The summed E-state index contributed by atoms with van der Waals surface area (Å²) in [5.74, 6) is 0. The summed E-state index contributed by atoms with van der Waals surface area (Å²) in [6, 6.07) is 61.4. The fraction of sp³-hybridized carbons (Fsp3) is 0. The molecule has 0 N–H and O–H groups in total. The normalized spacial score (nSPS) is 11.6. The number of benzene rings is 7. The molecule has 2 heteroatoms. The molecule has 0 aliphatic carbocycles. The van der Waals surface area contributed by atoms with E-state index >= 15 is 0 Å². The van der Waals surface area contributed by atoms with Gasteiger partial charge in [0.25, 0.3) is 0 Å². The van der Waals surface area contributed by atoms with Gasteiger partial charge in [-0.3, -0.25) is 0 Å². The quantitative estimate of drug-likeness (QED) is 0.202. The molecule has 0 saturated carbocycles. The minimum absolute atomic E-state index is 0. The van der Waals surface area contributed by atoms with Crippen molar-refractivity contribution in [1.82, 2.24) is 9.13 Å². The first-order chi connectivity index (χ1) is 21.8. The van der Waals surface area contributed by atoms with Gasteiger partial charge in [0.2, 0.25) is 0 Å². The second kappa shape index (κ2) is 9.86. The van der Waals surface area contributed by atoms with Gasteiger partial charge in [0.05, 0.1) is 22.1 Å². The maximum absolute atomic E-state index is 2.39. The number of hydrogen-bond donors (Lipinski definition) is 0. The molecule has 0 amide bonds. The maximum Gasteiger partial charge on any atom is 0.0541 e. The molecule has 0 aliphatic heterocycles. The second-order valence-corrected chi connectivity index (χ2v) is 11.4. The highest BCUT2D eigenvalue weighted by atomic mass is 15.0. The highest BCUT2D eigenvalue weighted by molar-refractivity contribution is 6.12. The number of fused-ring (bicyclic) bond motifs is 6. The molecule has 208 valence electrons. The topological polar surface area (TPSA) is 9.86 Å². The Balaban J connectivity index is 0.00000300. The number of aromatic nitrogens is 2. The largest absolute Gasteiger partial charge is 1.00 e. The van der Waals surface area contributed by atoms with E-state index in [1.165, 1.54) is 77.2 Å². The molecule has 0 bridgehead atoms. The number of rotatable bonds is 4. The van der Waals surface area contributed by atoms with Gasteiger partial charge < -0.3 is 10.6 Å². The van der Waals surface area contributed by atoms with E-state index in [4.69, 9.17) is 0 Å². The molecule has 44 heavy (non-hydrogen) atoms. The van der Waals surface area contributed by atoms with Gasteiger partial charge >= 0.3 is 0 Å². The lowest BCUT2D eigenvalue weighted by molar-refractivity contribution is 1.18. The van der Waals surface area contributed by atoms with Gasteiger partial charge in [-0.25, -0.2) is 0 Å². The van der Waals surface area contributed by atoms with Crippen LogP contribution in [0.25, 0.3) is 77.2 Å². The summed E-state index contributed by atoms with van der Waals surface area (Å²) in [6.07, 6.45) is 0. The summed E-state index contributed by atoms with van der Waals surface area (Å²) in [5.41, 5.74) is 12.1. The molecule has 0 radical (unpaired) electrons. The zero-order valence-corrected chi connectivity index (χ0v) is 24.1. The number of nitrogens with zero attached hydrogens (tertiary/aromatic N) is 2. The molecule has 0 saturated heterocycles. The molecule has 2 heterocycles. The lowest BCUT2D eigenvalue weighted by Gasteiger charge is -2.10. The van der Waals surface area contributed by atoms with E-state index in [0.29, 0.717) is 0 Å². The van der Waals surface area contributed by atoms with Crippen molar-refractivity contribution in [2.24, 2.45) is 0 Å². The maximum atomic E-state index is 2.39. The SMILES string of the molecule is [H-].c1ccc(-c2ccc(-n3c4ccccc4c4cc(-c5ccc6c(c5)c5ccccc5n6-c5ccccc5)ccc43)cc2)cc1. The van der Waals surface area contributed by atoms with Crippen LogP contribution in [0.15, 0.2) is 170 Å². The van der Waals surface area contributed by atoms with Gasteiger partial charge in [-0.1, -0.05) is 109 Å². The Morgan fingerprint density at radius 1 is 0.273 bits per heavy atom. The van der Waals surface area contributed by atoms with Crippen molar-refractivity contribution < 1.29 is 1.43 Å². The Bertz CT molecular complexity index is 2470. The average molecular weight is 562 g/mol. The smallest absolute Gasteiger partial charge is 0.0541 e. The van der Waals surface area contributed by atoms with Crippen molar-refractivity contribution >= 4 is 43.6 Å².